The lowest BCUT2D eigenvalue weighted by Gasteiger charge is -2.25. The van der Waals surface area contributed by atoms with Gasteiger partial charge in [-0.15, -0.1) is 0 Å². The Morgan fingerprint density at radius 2 is 2.12 bits per heavy atom. The van der Waals surface area contributed by atoms with Crippen molar-refractivity contribution in [3.8, 4) is 0 Å². The zero-order valence-corrected chi connectivity index (χ0v) is 9.69. The Morgan fingerprint density at radius 3 is 2.50 bits per heavy atom. The van der Waals surface area contributed by atoms with Gasteiger partial charge >= 0.3 is 0 Å². The van der Waals surface area contributed by atoms with Gasteiger partial charge in [0.25, 0.3) is 5.91 Å². The van der Waals surface area contributed by atoms with Crippen LogP contribution in [-0.2, 0) is 7.05 Å². The van der Waals surface area contributed by atoms with E-state index in [0.717, 1.165) is 0 Å². The number of carbonyl (C=O) groups is 1. The number of hydrogen-bond acceptors (Lipinski definition) is 4. The van der Waals surface area contributed by atoms with Crippen LogP contribution in [0.1, 0.15) is 23.0 Å². The smallest absolute Gasteiger partial charge is 0.255 e. The molecule has 0 bridgehead atoms. The van der Waals surface area contributed by atoms with Gasteiger partial charge in [-0.25, -0.2) is 0 Å². The quantitative estimate of drug-likeness (QED) is 0.628. The summed E-state index contributed by atoms with van der Waals surface area (Å²) in [5.74, 6) is -0.351. The zero-order valence-electron chi connectivity index (χ0n) is 9.69. The molecule has 6 heteroatoms. The second-order valence-electron chi connectivity index (χ2n) is 4.13. The van der Waals surface area contributed by atoms with Crippen molar-refractivity contribution in [3.63, 3.8) is 0 Å². The minimum atomic E-state index is -1.01. The number of rotatable bonds is 4. The number of aliphatic hydroxyl groups excluding tert-OH is 2. The molecule has 0 aliphatic heterocycles. The summed E-state index contributed by atoms with van der Waals surface area (Å²) in [6.07, 6.45) is 1.60. The zero-order chi connectivity index (χ0) is 12.3. The minimum absolute atomic E-state index is 0.325. The van der Waals surface area contributed by atoms with Gasteiger partial charge in [0.2, 0.25) is 0 Å². The molecule has 0 spiro atoms. The molecule has 1 rings (SSSR count). The summed E-state index contributed by atoms with van der Waals surface area (Å²) in [6, 6.07) is 0. The highest BCUT2D eigenvalue weighted by Gasteiger charge is 2.26. The summed E-state index contributed by atoms with van der Waals surface area (Å²) >= 11 is 0. The largest absolute Gasteiger partial charge is 0.394 e. The average Bonchev–Trinajstić information content (AvgIpc) is 2.57. The lowest BCUT2D eigenvalue weighted by atomic mass is 10.0. The van der Waals surface area contributed by atoms with Gasteiger partial charge in [0, 0.05) is 13.2 Å². The van der Waals surface area contributed by atoms with Crippen molar-refractivity contribution in [2.45, 2.75) is 19.4 Å². The van der Waals surface area contributed by atoms with Crippen molar-refractivity contribution in [1.29, 1.82) is 0 Å². The lowest BCUT2D eigenvalue weighted by Crippen LogP contribution is -2.51. The van der Waals surface area contributed by atoms with Crippen LogP contribution in [0.25, 0.3) is 0 Å². The molecular formula is C10H17N3O3. The number of nitrogens with one attached hydrogen (secondary N) is 1. The fraction of sp³-hybridized carbons (Fsp3) is 0.600. The van der Waals surface area contributed by atoms with Crippen molar-refractivity contribution in [2.24, 2.45) is 7.05 Å². The van der Waals surface area contributed by atoms with Gasteiger partial charge in [0.1, 0.15) is 0 Å². The third kappa shape index (κ3) is 2.59. The monoisotopic (exact) mass is 227 g/mol. The van der Waals surface area contributed by atoms with Crippen LogP contribution in [0.4, 0.5) is 0 Å². The van der Waals surface area contributed by atoms with E-state index in [9.17, 15) is 4.79 Å². The standard InChI is InChI=1S/C10H17N3O3/c1-7-8(4-13(3)12-7)9(16)11-10(2,5-14)6-15/h4,14-15H,5-6H2,1-3H3,(H,11,16). The Bertz CT molecular complexity index is 383. The molecule has 0 saturated carbocycles. The highest BCUT2D eigenvalue weighted by atomic mass is 16.3. The molecule has 1 heterocycles. The molecule has 6 nitrogen and oxygen atoms in total. The van der Waals surface area contributed by atoms with Gasteiger partial charge in [-0.1, -0.05) is 0 Å². The van der Waals surface area contributed by atoms with E-state index >= 15 is 0 Å². The summed E-state index contributed by atoms with van der Waals surface area (Å²) < 4.78 is 1.54. The van der Waals surface area contributed by atoms with Crippen molar-refractivity contribution in [1.82, 2.24) is 15.1 Å². The van der Waals surface area contributed by atoms with Crippen LogP contribution < -0.4 is 5.32 Å². The van der Waals surface area contributed by atoms with E-state index in [1.807, 2.05) is 0 Å². The van der Waals surface area contributed by atoms with Gasteiger partial charge in [0.15, 0.2) is 0 Å². The van der Waals surface area contributed by atoms with Crippen molar-refractivity contribution in [3.05, 3.63) is 17.5 Å². The van der Waals surface area contributed by atoms with Crippen LogP contribution in [-0.4, -0.2) is 44.7 Å². The van der Waals surface area contributed by atoms with E-state index in [0.29, 0.717) is 11.3 Å². The lowest BCUT2D eigenvalue weighted by molar-refractivity contribution is 0.0723. The highest BCUT2D eigenvalue weighted by Crippen LogP contribution is 2.08. The number of carbonyl (C=O) groups excluding carboxylic acids is 1. The predicted molar refractivity (Wildman–Crippen MR) is 58.0 cm³/mol. The first-order chi connectivity index (χ1) is 7.41. The number of aryl methyl sites for hydroxylation is 2. The van der Waals surface area contributed by atoms with E-state index in [1.54, 1.807) is 31.8 Å². The van der Waals surface area contributed by atoms with E-state index in [-0.39, 0.29) is 19.1 Å². The third-order valence-corrected chi connectivity index (χ3v) is 2.37. The van der Waals surface area contributed by atoms with Crippen LogP contribution in [0.5, 0.6) is 0 Å². The number of aromatic nitrogens is 2. The number of aliphatic hydroxyl groups is 2. The first-order valence-electron chi connectivity index (χ1n) is 4.96. The van der Waals surface area contributed by atoms with E-state index in [4.69, 9.17) is 10.2 Å². The number of nitrogens with zero attached hydrogens (tertiary/aromatic N) is 2. The Balaban J connectivity index is 2.84. The van der Waals surface area contributed by atoms with Crippen LogP contribution in [0.15, 0.2) is 6.20 Å². The summed E-state index contributed by atoms with van der Waals surface area (Å²) in [5.41, 5.74) is 0.0353. The molecule has 0 saturated heterocycles. The van der Waals surface area contributed by atoms with Gasteiger partial charge in [-0.3, -0.25) is 9.48 Å². The Hall–Kier alpha value is -1.40. The molecule has 90 valence electrons. The molecule has 1 aromatic heterocycles. The molecule has 0 aliphatic carbocycles. The van der Waals surface area contributed by atoms with Crippen LogP contribution in [0.2, 0.25) is 0 Å². The predicted octanol–water partition coefficient (Wildman–Crippen LogP) is -0.798. The normalized spacial score (nSPS) is 11.6. The van der Waals surface area contributed by atoms with Gasteiger partial charge < -0.3 is 15.5 Å². The topological polar surface area (TPSA) is 87.4 Å². The van der Waals surface area contributed by atoms with Gasteiger partial charge in [-0.05, 0) is 13.8 Å². The number of hydrogen-bond donors (Lipinski definition) is 3. The van der Waals surface area contributed by atoms with E-state index < -0.39 is 5.54 Å². The molecule has 0 fully saturated rings. The Morgan fingerprint density at radius 1 is 1.56 bits per heavy atom. The maximum absolute atomic E-state index is 11.8. The second kappa shape index (κ2) is 4.63. The Labute approximate surface area is 93.9 Å². The van der Waals surface area contributed by atoms with Gasteiger partial charge in [-0.2, -0.15) is 5.10 Å². The van der Waals surface area contributed by atoms with Crippen LogP contribution in [0, 0.1) is 6.92 Å². The molecule has 0 atom stereocenters. The summed E-state index contributed by atoms with van der Waals surface area (Å²) in [4.78, 5) is 11.8. The molecule has 1 amide bonds. The van der Waals surface area contributed by atoms with E-state index in [2.05, 4.69) is 10.4 Å². The first kappa shape index (κ1) is 12.7. The van der Waals surface area contributed by atoms with Gasteiger partial charge in [0.05, 0.1) is 30.0 Å². The van der Waals surface area contributed by atoms with E-state index in [1.165, 1.54) is 0 Å². The fourth-order valence-electron chi connectivity index (χ4n) is 1.29. The highest BCUT2D eigenvalue weighted by molar-refractivity contribution is 5.95. The maximum atomic E-state index is 11.8. The second-order valence-corrected chi connectivity index (χ2v) is 4.13. The average molecular weight is 227 g/mol. The van der Waals surface area contributed by atoms with Crippen molar-refractivity contribution in [2.75, 3.05) is 13.2 Å². The molecule has 3 N–H and O–H groups in total. The fourth-order valence-corrected chi connectivity index (χ4v) is 1.29. The third-order valence-electron chi connectivity index (χ3n) is 2.37. The van der Waals surface area contributed by atoms with Crippen molar-refractivity contribution < 1.29 is 15.0 Å². The minimum Gasteiger partial charge on any atom is -0.394 e. The van der Waals surface area contributed by atoms with Crippen molar-refractivity contribution >= 4 is 5.91 Å². The molecular weight excluding hydrogens is 210 g/mol. The molecule has 0 unspecified atom stereocenters. The molecule has 16 heavy (non-hydrogen) atoms. The first-order valence-corrected chi connectivity index (χ1v) is 4.96. The summed E-state index contributed by atoms with van der Waals surface area (Å²) in [7, 11) is 1.72. The molecule has 0 aromatic carbocycles. The molecule has 0 radical (unpaired) electrons. The van der Waals surface area contributed by atoms with Crippen LogP contribution in [0.3, 0.4) is 0 Å². The SMILES string of the molecule is Cc1nn(C)cc1C(=O)NC(C)(CO)CO. The maximum Gasteiger partial charge on any atom is 0.255 e. The number of amides is 1. The summed E-state index contributed by atoms with van der Waals surface area (Å²) in [6.45, 7) is 2.64. The Kier molecular flexibility index (Phi) is 3.66. The molecule has 0 aliphatic rings. The van der Waals surface area contributed by atoms with Crippen LogP contribution >= 0.6 is 0 Å². The molecule has 1 aromatic rings. The summed E-state index contributed by atoms with van der Waals surface area (Å²) in [5, 5.41) is 24.7.